The van der Waals surface area contributed by atoms with E-state index in [1.54, 1.807) is 12.1 Å². The van der Waals surface area contributed by atoms with Gasteiger partial charge < -0.3 is 14.9 Å². The second-order valence-electron chi connectivity index (χ2n) is 5.35. The summed E-state index contributed by atoms with van der Waals surface area (Å²) in [6.45, 7) is 1.90. The van der Waals surface area contributed by atoms with Crippen LogP contribution in [-0.2, 0) is 11.2 Å². The van der Waals surface area contributed by atoms with Gasteiger partial charge in [-0.05, 0) is 44.0 Å². The van der Waals surface area contributed by atoms with Crippen LogP contribution < -0.4 is 5.32 Å². The fourth-order valence-corrected chi connectivity index (χ4v) is 2.09. The lowest BCUT2D eigenvalue weighted by Gasteiger charge is -2.11. The molecule has 124 valence electrons. The van der Waals surface area contributed by atoms with Crippen LogP contribution in [-0.4, -0.2) is 33.8 Å². The zero-order valence-corrected chi connectivity index (χ0v) is 13.0. The molecule has 0 saturated heterocycles. The summed E-state index contributed by atoms with van der Waals surface area (Å²) < 4.78 is 18.0. The molecule has 7 heteroatoms. The van der Waals surface area contributed by atoms with E-state index in [0.29, 0.717) is 43.0 Å². The van der Waals surface area contributed by atoms with Gasteiger partial charge in [-0.3, -0.25) is 4.79 Å². The average Bonchev–Trinajstić information content (AvgIpc) is 2.97. The normalized spacial score (nSPS) is 12.1. The average molecular weight is 321 g/mol. The van der Waals surface area contributed by atoms with Gasteiger partial charge in [0, 0.05) is 31.1 Å². The number of nitrogens with one attached hydrogen (secondary N) is 1. The molecule has 1 heterocycles. The van der Waals surface area contributed by atoms with E-state index >= 15 is 0 Å². The largest absolute Gasteiger partial charge is 0.396 e. The molecule has 0 bridgehead atoms. The van der Waals surface area contributed by atoms with Gasteiger partial charge in [0.15, 0.2) is 0 Å². The zero-order valence-electron chi connectivity index (χ0n) is 13.0. The number of halogens is 1. The lowest BCUT2D eigenvalue weighted by atomic mass is 10.2. The van der Waals surface area contributed by atoms with E-state index in [1.165, 1.54) is 12.1 Å². The quantitative estimate of drug-likeness (QED) is 0.777. The molecule has 0 aliphatic carbocycles. The zero-order chi connectivity index (χ0) is 16.7. The Hall–Kier alpha value is -2.28. The lowest BCUT2D eigenvalue weighted by molar-refractivity contribution is -0.121. The predicted octanol–water partition coefficient (Wildman–Crippen LogP) is 2.09. The minimum atomic E-state index is -0.320. The van der Waals surface area contributed by atoms with Crippen molar-refractivity contribution in [2.75, 3.05) is 6.61 Å². The van der Waals surface area contributed by atoms with Crippen molar-refractivity contribution in [1.82, 2.24) is 15.5 Å². The Bertz CT molecular complexity index is 628. The van der Waals surface area contributed by atoms with Gasteiger partial charge in [0.2, 0.25) is 17.6 Å². The number of aryl methyl sites for hydroxylation is 1. The molecular formula is C16H20FN3O3. The third-order valence-electron chi connectivity index (χ3n) is 3.33. The minimum Gasteiger partial charge on any atom is -0.396 e. The molecule has 0 aliphatic heterocycles. The number of carbonyl (C=O) groups is 1. The molecule has 1 aromatic carbocycles. The molecule has 0 radical (unpaired) electrons. The van der Waals surface area contributed by atoms with Crippen molar-refractivity contribution in [2.24, 2.45) is 0 Å². The Balaban J connectivity index is 1.79. The molecule has 1 atom stereocenters. The maximum absolute atomic E-state index is 12.9. The number of hydrogen-bond acceptors (Lipinski definition) is 5. The topological polar surface area (TPSA) is 88.2 Å². The van der Waals surface area contributed by atoms with E-state index in [-0.39, 0.29) is 24.4 Å². The number of rotatable bonds is 8. The van der Waals surface area contributed by atoms with Gasteiger partial charge in [-0.1, -0.05) is 5.16 Å². The fourth-order valence-electron chi connectivity index (χ4n) is 2.09. The maximum Gasteiger partial charge on any atom is 0.226 e. The number of aromatic nitrogens is 2. The van der Waals surface area contributed by atoms with Crippen LogP contribution in [0.1, 0.15) is 32.1 Å². The van der Waals surface area contributed by atoms with Gasteiger partial charge >= 0.3 is 0 Å². The minimum absolute atomic E-state index is 0.0408. The highest BCUT2D eigenvalue weighted by atomic mass is 19.1. The van der Waals surface area contributed by atoms with Crippen molar-refractivity contribution in [3.8, 4) is 11.4 Å². The first-order chi connectivity index (χ1) is 11.1. The molecule has 0 aliphatic rings. The fraction of sp³-hybridized carbons (Fsp3) is 0.438. The van der Waals surface area contributed by atoms with E-state index in [0.717, 1.165) is 0 Å². The number of hydrogen-bond donors (Lipinski definition) is 2. The number of aliphatic hydroxyl groups is 1. The van der Waals surface area contributed by atoms with Crippen LogP contribution >= 0.6 is 0 Å². The van der Waals surface area contributed by atoms with Crippen LogP contribution in [0.5, 0.6) is 0 Å². The third-order valence-corrected chi connectivity index (χ3v) is 3.33. The van der Waals surface area contributed by atoms with Crippen molar-refractivity contribution in [1.29, 1.82) is 0 Å². The predicted molar refractivity (Wildman–Crippen MR) is 81.9 cm³/mol. The molecule has 6 nitrogen and oxygen atoms in total. The first-order valence-corrected chi connectivity index (χ1v) is 7.57. The molecule has 0 fully saturated rings. The second kappa shape index (κ2) is 8.38. The van der Waals surface area contributed by atoms with Crippen LogP contribution in [0.4, 0.5) is 4.39 Å². The van der Waals surface area contributed by atoms with Crippen molar-refractivity contribution in [3.05, 3.63) is 36.0 Å². The Morgan fingerprint density at radius 1 is 1.39 bits per heavy atom. The van der Waals surface area contributed by atoms with E-state index in [4.69, 9.17) is 9.63 Å². The highest BCUT2D eigenvalue weighted by Crippen LogP contribution is 2.16. The van der Waals surface area contributed by atoms with Crippen LogP contribution in [0.15, 0.2) is 28.8 Å². The van der Waals surface area contributed by atoms with Gasteiger partial charge in [0.25, 0.3) is 0 Å². The Morgan fingerprint density at radius 3 is 2.83 bits per heavy atom. The molecular weight excluding hydrogens is 301 g/mol. The van der Waals surface area contributed by atoms with Gasteiger partial charge in [-0.25, -0.2) is 4.39 Å². The van der Waals surface area contributed by atoms with E-state index in [1.807, 2.05) is 6.92 Å². The van der Waals surface area contributed by atoms with Gasteiger partial charge in [0.05, 0.1) is 0 Å². The Labute approximate surface area is 133 Å². The number of nitrogens with zero attached hydrogens (tertiary/aromatic N) is 2. The van der Waals surface area contributed by atoms with E-state index < -0.39 is 0 Å². The third kappa shape index (κ3) is 5.45. The van der Waals surface area contributed by atoms with Crippen molar-refractivity contribution in [2.45, 2.75) is 38.6 Å². The summed E-state index contributed by atoms with van der Waals surface area (Å²) in [6.07, 6.45) is 1.97. The summed E-state index contributed by atoms with van der Waals surface area (Å²) in [6, 6.07) is 5.80. The van der Waals surface area contributed by atoms with Crippen molar-refractivity contribution in [3.63, 3.8) is 0 Å². The summed E-state index contributed by atoms with van der Waals surface area (Å²) in [5.74, 6) is 0.463. The van der Waals surface area contributed by atoms with Crippen LogP contribution in [0.2, 0.25) is 0 Å². The maximum atomic E-state index is 12.9. The highest BCUT2D eigenvalue weighted by Gasteiger charge is 2.11. The Kier molecular flexibility index (Phi) is 6.22. The number of amides is 1. The number of carbonyl (C=O) groups excluding carboxylic acids is 1. The van der Waals surface area contributed by atoms with Gasteiger partial charge in [-0.15, -0.1) is 0 Å². The molecule has 23 heavy (non-hydrogen) atoms. The first-order valence-electron chi connectivity index (χ1n) is 7.57. The van der Waals surface area contributed by atoms with Crippen LogP contribution in [0.3, 0.4) is 0 Å². The van der Waals surface area contributed by atoms with Crippen LogP contribution in [0.25, 0.3) is 11.4 Å². The molecule has 1 aromatic heterocycles. The monoisotopic (exact) mass is 321 g/mol. The number of aliphatic hydroxyl groups excluding tert-OH is 1. The van der Waals surface area contributed by atoms with Gasteiger partial charge in [-0.2, -0.15) is 4.98 Å². The molecule has 2 rings (SSSR count). The first kappa shape index (κ1) is 17.1. The molecule has 2 aromatic rings. The standard InChI is InChI=1S/C16H20FN3O3/c1-11(9-10-21)18-14(22)3-2-4-15-19-16(20-23-15)12-5-7-13(17)8-6-12/h5-8,11,21H,2-4,9-10H2,1H3,(H,18,22). The van der Waals surface area contributed by atoms with E-state index in [9.17, 15) is 9.18 Å². The van der Waals surface area contributed by atoms with Gasteiger partial charge in [0.1, 0.15) is 5.82 Å². The van der Waals surface area contributed by atoms with Crippen LogP contribution in [0, 0.1) is 5.82 Å². The molecule has 2 N–H and O–H groups in total. The summed E-state index contributed by atoms with van der Waals surface area (Å²) in [5, 5.41) is 15.4. The summed E-state index contributed by atoms with van der Waals surface area (Å²) in [5.41, 5.74) is 0.678. The van der Waals surface area contributed by atoms with Crippen molar-refractivity contribution < 1.29 is 18.8 Å². The smallest absolute Gasteiger partial charge is 0.226 e. The SMILES string of the molecule is CC(CCO)NC(=O)CCCc1nc(-c2ccc(F)cc2)no1. The summed E-state index contributed by atoms with van der Waals surface area (Å²) >= 11 is 0. The lowest BCUT2D eigenvalue weighted by Crippen LogP contribution is -2.33. The highest BCUT2D eigenvalue weighted by molar-refractivity contribution is 5.76. The Morgan fingerprint density at radius 2 is 2.13 bits per heavy atom. The molecule has 0 saturated carbocycles. The summed E-state index contributed by atoms with van der Waals surface area (Å²) in [4.78, 5) is 15.9. The second-order valence-corrected chi connectivity index (χ2v) is 5.35. The van der Waals surface area contributed by atoms with E-state index in [2.05, 4.69) is 15.5 Å². The van der Waals surface area contributed by atoms with Crippen molar-refractivity contribution >= 4 is 5.91 Å². The summed E-state index contributed by atoms with van der Waals surface area (Å²) in [7, 11) is 0. The molecule has 1 unspecified atom stereocenters. The molecule has 1 amide bonds. The molecule has 0 spiro atoms. The number of benzene rings is 1.